The first kappa shape index (κ1) is 10.4. The Morgan fingerprint density at radius 2 is 2.20 bits per heavy atom. The van der Waals surface area contributed by atoms with E-state index in [1.807, 2.05) is 0 Å². The van der Waals surface area contributed by atoms with Crippen molar-refractivity contribution in [3.63, 3.8) is 0 Å². The molecule has 0 atom stereocenters. The first-order valence-electron chi connectivity index (χ1n) is 5.47. The number of hydrogen-bond acceptors (Lipinski definition) is 5. The zero-order valence-corrected chi connectivity index (χ0v) is 9.12. The molecule has 15 heavy (non-hydrogen) atoms. The zero-order valence-electron chi connectivity index (χ0n) is 9.12. The highest BCUT2D eigenvalue weighted by molar-refractivity contribution is 5.38. The van der Waals surface area contributed by atoms with Gasteiger partial charge in [-0.05, 0) is 6.42 Å². The molecule has 5 nitrogen and oxygen atoms in total. The second-order valence-corrected chi connectivity index (χ2v) is 3.85. The van der Waals surface area contributed by atoms with Crippen molar-refractivity contribution in [1.29, 1.82) is 0 Å². The van der Waals surface area contributed by atoms with Crippen molar-refractivity contribution >= 4 is 5.88 Å². The monoisotopic (exact) mass is 210 g/mol. The molecular formula is C10H18N4O. The van der Waals surface area contributed by atoms with E-state index in [1.54, 1.807) is 0 Å². The van der Waals surface area contributed by atoms with Gasteiger partial charge in [-0.15, -0.1) is 0 Å². The maximum atomic E-state index is 5.70. The van der Waals surface area contributed by atoms with E-state index in [-0.39, 0.29) is 0 Å². The van der Waals surface area contributed by atoms with Gasteiger partial charge >= 0.3 is 0 Å². The van der Waals surface area contributed by atoms with Gasteiger partial charge < -0.3 is 15.6 Å². The summed E-state index contributed by atoms with van der Waals surface area (Å²) in [6.07, 6.45) is 0.886. The van der Waals surface area contributed by atoms with Gasteiger partial charge in [-0.2, -0.15) is 0 Å². The minimum absolute atomic E-state index is 0.475. The van der Waals surface area contributed by atoms with Crippen LogP contribution in [0.4, 0.5) is 5.88 Å². The van der Waals surface area contributed by atoms with Crippen LogP contribution >= 0.6 is 0 Å². The normalized spacial score (nSPS) is 18.2. The molecular weight excluding hydrogens is 192 g/mol. The van der Waals surface area contributed by atoms with Crippen LogP contribution in [0.25, 0.3) is 0 Å². The van der Waals surface area contributed by atoms with E-state index in [1.165, 1.54) is 0 Å². The Hall–Kier alpha value is -1.07. The molecule has 1 fully saturated rings. The number of aromatic nitrogens is 1. The summed E-state index contributed by atoms with van der Waals surface area (Å²) in [5.41, 5.74) is 7.76. The van der Waals surface area contributed by atoms with Crippen LogP contribution in [-0.4, -0.2) is 36.2 Å². The number of nitrogens with one attached hydrogen (secondary N) is 1. The van der Waals surface area contributed by atoms with Crippen molar-refractivity contribution in [2.45, 2.75) is 19.9 Å². The van der Waals surface area contributed by atoms with Crippen molar-refractivity contribution < 1.29 is 4.52 Å². The van der Waals surface area contributed by atoms with Crippen LogP contribution < -0.4 is 11.1 Å². The molecule has 1 aliphatic rings. The third kappa shape index (κ3) is 2.30. The summed E-state index contributed by atoms with van der Waals surface area (Å²) in [4.78, 5) is 2.37. The Balaban J connectivity index is 2.02. The van der Waals surface area contributed by atoms with E-state index in [0.29, 0.717) is 5.88 Å². The fourth-order valence-corrected chi connectivity index (χ4v) is 1.94. The topological polar surface area (TPSA) is 67.3 Å². The highest BCUT2D eigenvalue weighted by Crippen LogP contribution is 2.18. The van der Waals surface area contributed by atoms with E-state index >= 15 is 0 Å². The molecule has 3 N–H and O–H groups in total. The number of piperazine rings is 1. The predicted octanol–water partition coefficient (Wildman–Crippen LogP) is 0.224. The SMILES string of the molecule is CCc1c(CN2CCNCC2)noc1N. The largest absolute Gasteiger partial charge is 0.367 e. The van der Waals surface area contributed by atoms with Gasteiger partial charge in [0.2, 0.25) is 5.88 Å². The highest BCUT2D eigenvalue weighted by Gasteiger charge is 2.16. The van der Waals surface area contributed by atoms with Crippen LogP contribution in [0.5, 0.6) is 0 Å². The lowest BCUT2D eigenvalue weighted by molar-refractivity contribution is 0.226. The number of nitrogen functional groups attached to an aromatic ring is 1. The van der Waals surface area contributed by atoms with Gasteiger partial charge in [0.15, 0.2) is 0 Å². The van der Waals surface area contributed by atoms with Gasteiger partial charge in [-0.25, -0.2) is 0 Å². The lowest BCUT2D eigenvalue weighted by atomic mass is 10.1. The molecule has 0 amide bonds. The van der Waals surface area contributed by atoms with E-state index in [2.05, 4.69) is 22.3 Å². The summed E-state index contributed by atoms with van der Waals surface area (Å²) in [5, 5.41) is 7.34. The molecule has 2 rings (SSSR count). The van der Waals surface area contributed by atoms with Crippen LogP contribution in [0.15, 0.2) is 4.52 Å². The summed E-state index contributed by atoms with van der Waals surface area (Å²) in [6.45, 7) is 7.16. The summed E-state index contributed by atoms with van der Waals surface area (Å²) >= 11 is 0. The van der Waals surface area contributed by atoms with Gasteiger partial charge in [0, 0.05) is 38.3 Å². The van der Waals surface area contributed by atoms with Crippen molar-refractivity contribution in [3.8, 4) is 0 Å². The summed E-state index contributed by atoms with van der Waals surface area (Å²) in [7, 11) is 0. The molecule has 0 saturated carbocycles. The molecule has 1 aliphatic heterocycles. The molecule has 0 radical (unpaired) electrons. The highest BCUT2D eigenvalue weighted by atomic mass is 16.5. The van der Waals surface area contributed by atoms with Crippen molar-refractivity contribution in [2.75, 3.05) is 31.9 Å². The average molecular weight is 210 g/mol. The minimum Gasteiger partial charge on any atom is -0.367 e. The number of hydrogen-bond donors (Lipinski definition) is 2. The lowest BCUT2D eigenvalue weighted by Crippen LogP contribution is -2.43. The van der Waals surface area contributed by atoms with Crippen LogP contribution in [0, 0.1) is 0 Å². The molecule has 0 aliphatic carbocycles. The summed E-state index contributed by atoms with van der Waals surface area (Å²) in [6, 6.07) is 0. The standard InChI is InChI=1S/C10H18N4O/c1-2-8-9(13-15-10(8)11)7-14-5-3-12-4-6-14/h12H,2-7,11H2,1H3. The molecule has 0 bridgehead atoms. The van der Waals surface area contributed by atoms with E-state index in [9.17, 15) is 0 Å². The van der Waals surface area contributed by atoms with Crippen molar-refractivity contribution in [1.82, 2.24) is 15.4 Å². The second kappa shape index (κ2) is 4.63. The minimum atomic E-state index is 0.475. The molecule has 1 aromatic rings. The molecule has 1 aromatic heterocycles. The molecule has 84 valence electrons. The molecule has 0 unspecified atom stereocenters. The Kier molecular flexibility index (Phi) is 3.23. The first-order chi connectivity index (χ1) is 7.31. The van der Waals surface area contributed by atoms with Crippen LogP contribution in [0.2, 0.25) is 0 Å². The number of nitrogens with zero attached hydrogens (tertiary/aromatic N) is 2. The quantitative estimate of drug-likeness (QED) is 0.747. The number of rotatable bonds is 3. The third-order valence-corrected chi connectivity index (χ3v) is 2.84. The first-order valence-corrected chi connectivity index (χ1v) is 5.47. The average Bonchev–Trinajstić information content (AvgIpc) is 2.61. The maximum absolute atomic E-state index is 5.70. The number of anilines is 1. The van der Waals surface area contributed by atoms with Gasteiger partial charge in [0.1, 0.15) is 5.69 Å². The van der Waals surface area contributed by atoms with Gasteiger partial charge in [-0.1, -0.05) is 12.1 Å². The molecule has 1 saturated heterocycles. The predicted molar refractivity (Wildman–Crippen MR) is 58.4 cm³/mol. The van der Waals surface area contributed by atoms with Crippen LogP contribution in [0.3, 0.4) is 0 Å². The van der Waals surface area contributed by atoms with Crippen molar-refractivity contribution in [2.24, 2.45) is 0 Å². The van der Waals surface area contributed by atoms with Gasteiger partial charge in [0.05, 0.1) is 0 Å². The number of nitrogens with two attached hydrogens (primary N) is 1. The summed E-state index contributed by atoms with van der Waals surface area (Å²) < 4.78 is 5.01. The lowest BCUT2D eigenvalue weighted by Gasteiger charge is -2.26. The van der Waals surface area contributed by atoms with E-state index < -0.39 is 0 Å². The fraction of sp³-hybridized carbons (Fsp3) is 0.700. The fourth-order valence-electron chi connectivity index (χ4n) is 1.94. The van der Waals surface area contributed by atoms with E-state index in [4.69, 9.17) is 10.3 Å². The Bertz CT molecular complexity index is 317. The van der Waals surface area contributed by atoms with Crippen LogP contribution in [-0.2, 0) is 13.0 Å². The molecule has 2 heterocycles. The molecule has 0 spiro atoms. The summed E-state index contributed by atoms with van der Waals surface area (Å²) in [5.74, 6) is 0.475. The van der Waals surface area contributed by atoms with Gasteiger partial charge in [0.25, 0.3) is 0 Å². The van der Waals surface area contributed by atoms with Crippen LogP contribution in [0.1, 0.15) is 18.2 Å². The van der Waals surface area contributed by atoms with Gasteiger partial charge in [-0.3, -0.25) is 4.90 Å². The molecule has 0 aromatic carbocycles. The maximum Gasteiger partial charge on any atom is 0.225 e. The third-order valence-electron chi connectivity index (χ3n) is 2.84. The second-order valence-electron chi connectivity index (χ2n) is 3.85. The molecule has 5 heteroatoms. The van der Waals surface area contributed by atoms with Crippen molar-refractivity contribution in [3.05, 3.63) is 11.3 Å². The smallest absolute Gasteiger partial charge is 0.225 e. The van der Waals surface area contributed by atoms with E-state index in [0.717, 1.165) is 50.4 Å². The Morgan fingerprint density at radius 3 is 2.87 bits per heavy atom. The Labute approximate surface area is 89.6 Å². The zero-order chi connectivity index (χ0) is 10.7. The Morgan fingerprint density at radius 1 is 1.47 bits per heavy atom.